The largest absolute Gasteiger partial charge is 0.772 e. The lowest BCUT2D eigenvalue weighted by molar-refractivity contribution is -0.352. The zero-order valence-corrected chi connectivity index (χ0v) is 15.5. The number of H-pyrrole nitrogens is 4. The average molecular weight is 432 g/mol. The molecule has 4 rings (SSSR count). The number of fused-ring (bicyclic) bond motifs is 2. The Kier molecular flexibility index (Phi) is 6.35. The second kappa shape index (κ2) is 8.35. The van der Waals surface area contributed by atoms with Crippen LogP contribution in [0.4, 0.5) is 11.6 Å². The molecule has 2 atom stereocenters. The molecule has 4 aromatic rings. The lowest BCUT2D eigenvalue weighted by Gasteiger charge is -2.25. The van der Waals surface area contributed by atoms with Crippen LogP contribution in [0.3, 0.4) is 0 Å². The fraction of sp³-hybridized carbons (Fsp3) is 0. The van der Waals surface area contributed by atoms with Crippen molar-refractivity contribution < 1.29 is 38.7 Å². The van der Waals surface area contributed by atoms with E-state index in [-0.39, 0.29) is 0 Å². The Morgan fingerprint density at radius 1 is 0.821 bits per heavy atom. The van der Waals surface area contributed by atoms with Crippen LogP contribution < -0.4 is 31.2 Å². The molecule has 0 aliphatic heterocycles. The standard InChI is InChI=1S/2C5H5N5.H4O6P2/c2*6-4-3-5(9-1-7-3)10-2-8-4;1-7(2,3)8(4,5)6/h2*1-2H,(H3,6,7,8,9,10);(H2,1,2,3)(H2,4,5,6). The molecule has 0 aliphatic carbocycles. The third kappa shape index (κ3) is 5.26. The van der Waals surface area contributed by atoms with E-state index in [1.54, 1.807) is 12.7 Å². The number of hydrogen-bond acceptors (Lipinski definition) is 10. The molecular formula is C10H14N10O6P2. The lowest BCUT2D eigenvalue weighted by Crippen LogP contribution is -2.08. The maximum Gasteiger partial charge on any atom is 0.290 e. The van der Waals surface area contributed by atoms with Gasteiger partial charge in [-0.05, 0) is 0 Å². The fourth-order valence-corrected chi connectivity index (χ4v) is 1.65. The number of aromatic amines is 4. The first-order valence-electron chi connectivity index (χ1n) is 6.99. The van der Waals surface area contributed by atoms with Crippen LogP contribution in [0.1, 0.15) is 0 Å². The molecule has 0 bridgehead atoms. The molecule has 10 N–H and O–H groups in total. The van der Waals surface area contributed by atoms with E-state index in [1.165, 1.54) is 12.7 Å². The summed E-state index contributed by atoms with van der Waals surface area (Å²) in [6.45, 7) is 0. The molecule has 0 amide bonds. The summed E-state index contributed by atoms with van der Waals surface area (Å²) in [5.74, 6) is 0.928. The number of anilines is 2. The van der Waals surface area contributed by atoms with Crippen LogP contribution >= 0.6 is 14.6 Å². The molecule has 18 heteroatoms. The molecule has 0 fully saturated rings. The summed E-state index contributed by atoms with van der Waals surface area (Å²) in [4.78, 5) is 60.8. The van der Waals surface area contributed by atoms with Crippen LogP contribution in [0.25, 0.3) is 22.3 Å². The Morgan fingerprint density at radius 2 is 1.18 bits per heavy atom. The Labute approximate surface area is 154 Å². The number of nitrogen functional groups attached to an aromatic ring is 2. The number of nitrogens with zero attached hydrogens (tertiary/aromatic N) is 4. The van der Waals surface area contributed by atoms with E-state index in [4.69, 9.17) is 21.3 Å². The first-order chi connectivity index (χ1) is 13.0. The number of rotatable bonds is 1. The maximum absolute atomic E-state index is 9.41. The fourth-order valence-electron chi connectivity index (χ4n) is 1.65. The van der Waals surface area contributed by atoms with Crippen molar-refractivity contribution in [2.75, 3.05) is 11.5 Å². The smallest absolute Gasteiger partial charge is 0.290 e. The Balaban J connectivity index is 0.000000152. The maximum atomic E-state index is 9.41. The van der Waals surface area contributed by atoms with Gasteiger partial charge in [0.15, 0.2) is 23.7 Å². The zero-order valence-electron chi connectivity index (χ0n) is 13.7. The second-order valence-electron chi connectivity index (χ2n) is 4.81. The van der Waals surface area contributed by atoms with Gasteiger partial charge in [0.2, 0.25) is 38.9 Å². The molecule has 2 unspecified atom stereocenters. The summed E-state index contributed by atoms with van der Waals surface area (Å²) in [5.41, 5.74) is 14.0. The van der Waals surface area contributed by atoms with E-state index >= 15 is 0 Å². The van der Waals surface area contributed by atoms with Crippen LogP contribution in [0, 0.1) is 0 Å². The van der Waals surface area contributed by atoms with Crippen molar-refractivity contribution in [3.05, 3.63) is 25.3 Å². The highest BCUT2D eigenvalue weighted by molar-refractivity contribution is 8.24. The summed E-state index contributed by atoms with van der Waals surface area (Å²) >= 11 is 0. The molecule has 4 aromatic heterocycles. The highest BCUT2D eigenvalue weighted by Gasteiger charge is 2.15. The summed E-state index contributed by atoms with van der Waals surface area (Å²) in [7, 11) is -11.1. The summed E-state index contributed by atoms with van der Waals surface area (Å²) < 4.78 is 18.8. The first kappa shape index (κ1) is 21.3. The van der Waals surface area contributed by atoms with Gasteiger partial charge in [0.05, 0.1) is 0 Å². The van der Waals surface area contributed by atoms with Gasteiger partial charge in [-0.25, -0.2) is 9.97 Å². The van der Waals surface area contributed by atoms with Crippen LogP contribution in [0.2, 0.25) is 0 Å². The number of hydrogen-bond donors (Lipinski definition) is 6. The van der Waals surface area contributed by atoms with Crippen molar-refractivity contribution in [3.8, 4) is 0 Å². The topological polar surface area (TPSA) is 284 Å². The van der Waals surface area contributed by atoms with Crippen molar-refractivity contribution in [1.82, 2.24) is 29.9 Å². The van der Waals surface area contributed by atoms with Gasteiger partial charge in [0.25, 0.3) is 11.3 Å². The van der Waals surface area contributed by atoms with Crippen molar-refractivity contribution >= 4 is 48.5 Å². The summed E-state index contributed by atoms with van der Waals surface area (Å²) in [6, 6.07) is 0. The van der Waals surface area contributed by atoms with E-state index in [9.17, 15) is 18.9 Å². The van der Waals surface area contributed by atoms with Crippen molar-refractivity contribution in [2.45, 2.75) is 0 Å². The van der Waals surface area contributed by atoms with Crippen LogP contribution in [0.5, 0.6) is 0 Å². The molecule has 150 valence electrons. The normalized spacial score (nSPS) is 14.9. The van der Waals surface area contributed by atoms with Gasteiger partial charge in [-0.2, -0.15) is 0 Å². The summed E-state index contributed by atoms with van der Waals surface area (Å²) in [6.07, 6.45) is 6.16. The van der Waals surface area contributed by atoms with Gasteiger partial charge in [0.1, 0.15) is 0 Å². The zero-order chi connectivity index (χ0) is 20.9. The Morgan fingerprint density at radius 3 is 1.46 bits per heavy atom. The molecule has 0 spiro atoms. The van der Waals surface area contributed by atoms with E-state index in [1.807, 2.05) is 0 Å². The second-order valence-corrected chi connectivity index (χ2v) is 9.80. The van der Waals surface area contributed by atoms with Gasteiger partial charge in [-0.15, -0.1) is 0 Å². The van der Waals surface area contributed by atoms with E-state index in [0.717, 1.165) is 22.3 Å². The average Bonchev–Trinajstić information content (AvgIpc) is 3.24. The van der Waals surface area contributed by atoms with Crippen LogP contribution in [0.15, 0.2) is 25.3 Å². The molecule has 0 saturated heterocycles. The van der Waals surface area contributed by atoms with E-state index in [0.29, 0.717) is 11.6 Å². The minimum atomic E-state index is -5.54. The minimum Gasteiger partial charge on any atom is -0.772 e. The van der Waals surface area contributed by atoms with E-state index < -0.39 is 14.6 Å². The molecule has 28 heavy (non-hydrogen) atoms. The quantitative estimate of drug-likeness (QED) is 0.161. The van der Waals surface area contributed by atoms with E-state index in [2.05, 4.69) is 39.9 Å². The highest BCUT2D eigenvalue weighted by Crippen LogP contribution is 2.65. The van der Waals surface area contributed by atoms with Crippen molar-refractivity contribution in [3.63, 3.8) is 0 Å². The summed E-state index contributed by atoms with van der Waals surface area (Å²) in [5, 5.41) is 0. The van der Waals surface area contributed by atoms with Crippen molar-refractivity contribution in [1.29, 1.82) is 0 Å². The molecular weight excluding hydrogens is 418 g/mol. The molecule has 0 aromatic carbocycles. The molecule has 0 saturated carbocycles. The van der Waals surface area contributed by atoms with Gasteiger partial charge >= 0.3 is 0 Å². The van der Waals surface area contributed by atoms with Gasteiger partial charge < -0.3 is 50.1 Å². The number of imidazole rings is 2. The Bertz CT molecular complexity index is 1070. The predicted octanol–water partition coefficient (Wildman–Crippen LogP) is -3.30. The van der Waals surface area contributed by atoms with Crippen LogP contribution in [-0.2, 0) is 9.13 Å². The monoisotopic (exact) mass is 432 g/mol. The third-order valence-corrected chi connectivity index (χ3v) is 5.48. The number of nitrogens with one attached hydrogen (secondary N) is 4. The minimum absolute atomic E-state index is 0.464. The predicted molar refractivity (Wildman–Crippen MR) is 89.4 cm³/mol. The number of aromatic nitrogens is 8. The van der Waals surface area contributed by atoms with Gasteiger partial charge in [-0.3, -0.25) is 0 Å². The SMILES string of the molecule is Nc1nc[nH+]c2nc[nH]c12.Nc1nc[nH+]c2nc[nH]c12.O=P([O-])(O)P(=O)([O-])O. The molecule has 0 radical (unpaired) electrons. The highest BCUT2D eigenvalue weighted by atomic mass is 32.1. The lowest BCUT2D eigenvalue weighted by atomic mass is 10.5. The molecule has 4 heterocycles. The van der Waals surface area contributed by atoms with Crippen LogP contribution in [-0.4, -0.2) is 39.7 Å². The number of nitrogens with two attached hydrogens (primary N) is 2. The van der Waals surface area contributed by atoms with Crippen molar-refractivity contribution in [2.24, 2.45) is 0 Å². The third-order valence-electron chi connectivity index (χ3n) is 2.92. The van der Waals surface area contributed by atoms with Gasteiger partial charge in [0, 0.05) is 0 Å². The molecule has 0 aliphatic rings. The first-order valence-corrected chi connectivity index (χ1v) is 10.9. The Hall–Kier alpha value is -3.00. The molecule has 16 nitrogen and oxygen atoms in total. The van der Waals surface area contributed by atoms with Gasteiger partial charge in [-0.1, -0.05) is 19.9 Å².